The van der Waals surface area contributed by atoms with Crippen LogP contribution in [0.5, 0.6) is 0 Å². The molecule has 0 spiro atoms. The van der Waals surface area contributed by atoms with Gasteiger partial charge in [-0.05, 0) is 43.3 Å². The number of hydrogen-bond acceptors (Lipinski definition) is 5. The molecule has 2 N–H and O–H groups in total. The Morgan fingerprint density at radius 3 is 2.61 bits per heavy atom. The van der Waals surface area contributed by atoms with Gasteiger partial charge in [-0.2, -0.15) is 0 Å². The molecule has 6 nitrogen and oxygen atoms in total. The van der Waals surface area contributed by atoms with E-state index in [0.29, 0.717) is 23.0 Å². The number of aryl methyl sites for hydroxylation is 1. The molecule has 0 aliphatic carbocycles. The van der Waals surface area contributed by atoms with Gasteiger partial charge in [-0.15, -0.1) is 0 Å². The van der Waals surface area contributed by atoms with E-state index in [1.807, 2.05) is 0 Å². The zero-order valence-corrected chi connectivity index (χ0v) is 12.2. The molecule has 0 unspecified atom stereocenters. The van der Waals surface area contributed by atoms with Crippen LogP contribution in [-0.2, 0) is 0 Å². The molecule has 23 heavy (non-hydrogen) atoms. The van der Waals surface area contributed by atoms with E-state index in [2.05, 4.69) is 20.8 Å². The van der Waals surface area contributed by atoms with Crippen molar-refractivity contribution in [2.45, 2.75) is 6.92 Å². The zero-order chi connectivity index (χ0) is 16.2. The van der Waals surface area contributed by atoms with E-state index in [9.17, 15) is 9.18 Å². The number of hydrogen-bond donors (Lipinski definition) is 2. The van der Waals surface area contributed by atoms with Crippen molar-refractivity contribution in [3.8, 4) is 0 Å². The molecular weight excluding hydrogens is 299 g/mol. The third kappa shape index (κ3) is 3.70. The van der Waals surface area contributed by atoms with Crippen molar-refractivity contribution in [3.05, 3.63) is 65.9 Å². The van der Waals surface area contributed by atoms with Gasteiger partial charge in [0.1, 0.15) is 17.3 Å². The molecule has 0 saturated heterocycles. The monoisotopic (exact) mass is 312 g/mol. The normalized spacial score (nSPS) is 10.3. The van der Waals surface area contributed by atoms with Crippen molar-refractivity contribution in [3.63, 3.8) is 0 Å². The molecule has 0 fully saturated rings. The first-order chi connectivity index (χ1) is 11.1. The molecule has 116 valence electrons. The number of nitrogens with one attached hydrogen (secondary N) is 2. The molecule has 0 aliphatic heterocycles. The number of benzene rings is 1. The van der Waals surface area contributed by atoms with Crippen LogP contribution < -0.4 is 10.6 Å². The Kier molecular flexibility index (Phi) is 4.01. The van der Waals surface area contributed by atoms with Gasteiger partial charge in [0.05, 0.1) is 0 Å². The van der Waals surface area contributed by atoms with Crippen molar-refractivity contribution < 1.29 is 13.7 Å². The molecule has 3 rings (SSSR count). The van der Waals surface area contributed by atoms with Crippen LogP contribution in [0.1, 0.15) is 16.2 Å². The van der Waals surface area contributed by atoms with Crippen LogP contribution in [-0.4, -0.2) is 16.0 Å². The number of aromatic nitrogens is 2. The fraction of sp³-hybridized carbons (Fsp3) is 0.0625. The van der Waals surface area contributed by atoms with Gasteiger partial charge in [-0.25, -0.2) is 4.39 Å². The zero-order valence-electron chi connectivity index (χ0n) is 12.2. The minimum Gasteiger partial charge on any atom is -0.360 e. The predicted octanol–water partition coefficient (Wildman–Crippen LogP) is 3.51. The van der Waals surface area contributed by atoms with Crippen molar-refractivity contribution in [1.82, 2.24) is 10.1 Å². The second-order valence-electron chi connectivity index (χ2n) is 4.84. The van der Waals surface area contributed by atoms with Gasteiger partial charge in [-0.3, -0.25) is 9.78 Å². The first kappa shape index (κ1) is 14.7. The summed E-state index contributed by atoms with van der Waals surface area (Å²) in [6.07, 6.45) is 1.51. The third-order valence-corrected chi connectivity index (χ3v) is 3.00. The van der Waals surface area contributed by atoms with Crippen LogP contribution >= 0.6 is 0 Å². The Labute approximate surface area is 131 Å². The first-order valence-corrected chi connectivity index (χ1v) is 6.83. The van der Waals surface area contributed by atoms with Crippen LogP contribution in [0.25, 0.3) is 0 Å². The van der Waals surface area contributed by atoms with Gasteiger partial charge in [0.2, 0.25) is 0 Å². The van der Waals surface area contributed by atoms with Crippen molar-refractivity contribution >= 4 is 23.1 Å². The molecule has 7 heteroatoms. The van der Waals surface area contributed by atoms with Gasteiger partial charge in [0.15, 0.2) is 5.82 Å². The number of halogens is 1. The third-order valence-electron chi connectivity index (χ3n) is 3.00. The Hall–Kier alpha value is -3.22. The standard InChI is InChI=1S/C16H13FN4O2/c1-10-8-15(21-23-10)20-16(22)14-9-13(6-7-18-14)19-12-4-2-11(17)3-5-12/h2-9H,1H3,(H,18,19)(H,20,21,22). The summed E-state index contributed by atoms with van der Waals surface area (Å²) >= 11 is 0. The van der Waals surface area contributed by atoms with Crippen LogP contribution in [0, 0.1) is 12.7 Å². The van der Waals surface area contributed by atoms with Crippen LogP contribution in [0.4, 0.5) is 21.6 Å². The summed E-state index contributed by atoms with van der Waals surface area (Å²) in [5, 5.41) is 9.36. The summed E-state index contributed by atoms with van der Waals surface area (Å²) in [5.74, 6) is 0.209. The number of anilines is 3. The van der Waals surface area contributed by atoms with Crippen LogP contribution in [0.3, 0.4) is 0 Å². The van der Waals surface area contributed by atoms with Crippen LogP contribution in [0.15, 0.2) is 53.2 Å². The van der Waals surface area contributed by atoms with Crippen molar-refractivity contribution in [2.75, 3.05) is 10.6 Å². The van der Waals surface area contributed by atoms with Gasteiger partial charge in [0.25, 0.3) is 5.91 Å². The maximum atomic E-state index is 12.9. The van der Waals surface area contributed by atoms with Gasteiger partial charge in [-0.1, -0.05) is 5.16 Å². The van der Waals surface area contributed by atoms with E-state index in [1.165, 1.54) is 18.3 Å². The minimum atomic E-state index is -0.402. The highest BCUT2D eigenvalue weighted by molar-refractivity contribution is 6.02. The van der Waals surface area contributed by atoms with Crippen molar-refractivity contribution in [1.29, 1.82) is 0 Å². The largest absolute Gasteiger partial charge is 0.360 e. The molecule has 0 atom stereocenters. The fourth-order valence-electron chi connectivity index (χ4n) is 1.94. The summed E-state index contributed by atoms with van der Waals surface area (Å²) in [7, 11) is 0. The van der Waals surface area contributed by atoms with E-state index in [1.54, 1.807) is 37.3 Å². The molecule has 1 aromatic carbocycles. The molecule has 0 radical (unpaired) electrons. The number of amides is 1. The number of nitrogens with zero attached hydrogens (tertiary/aromatic N) is 2. The van der Waals surface area contributed by atoms with Gasteiger partial charge < -0.3 is 15.2 Å². The molecule has 0 saturated carbocycles. The molecule has 0 aliphatic rings. The summed E-state index contributed by atoms with van der Waals surface area (Å²) in [5.41, 5.74) is 1.59. The maximum absolute atomic E-state index is 12.9. The van der Waals surface area contributed by atoms with Crippen molar-refractivity contribution in [2.24, 2.45) is 0 Å². The summed E-state index contributed by atoms with van der Waals surface area (Å²) in [6.45, 7) is 1.73. The van der Waals surface area contributed by atoms with E-state index in [0.717, 1.165) is 0 Å². The Balaban J connectivity index is 1.73. The second-order valence-corrected chi connectivity index (χ2v) is 4.84. The van der Waals surface area contributed by atoms with Crippen LogP contribution in [0.2, 0.25) is 0 Å². The number of carbonyl (C=O) groups excluding carboxylic acids is 1. The highest BCUT2D eigenvalue weighted by atomic mass is 19.1. The Bertz CT molecular complexity index is 830. The van der Waals surface area contributed by atoms with Gasteiger partial charge in [0, 0.05) is 23.6 Å². The predicted molar refractivity (Wildman–Crippen MR) is 83.1 cm³/mol. The lowest BCUT2D eigenvalue weighted by atomic mass is 10.2. The minimum absolute atomic E-state index is 0.220. The summed E-state index contributed by atoms with van der Waals surface area (Å²) in [4.78, 5) is 16.2. The number of rotatable bonds is 4. The van der Waals surface area contributed by atoms with E-state index >= 15 is 0 Å². The molecule has 2 aromatic heterocycles. The SMILES string of the molecule is Cc1cc(NC(=O)c2cc(Nc3ccc(F)cc3)ccn2)no1. The molecule has 3 aromatic rings. The quantitative estimate of drug-likeness (QED) is 0.770. The topological polar surface area (TPSA) is 80.0 Å². The Morgan fingerprint density at radius 2 is 1.91 bits per heavy atom. The summed E-state index contributed by atoms with van der Waals surface area (Å²) < 4.78 is 17.8. The average molecular weight is 312 g/mol. The molecule has 2 heterocycles. The lowest BCUT2D eigenvalue weighted by Gasteiger charge is -2.07. The molecule has 1 amide bonds. The Morgan fingerprint density at radius 1 is 1.13 bits per heavy atom. The lowest BCUT2D eigenvalue weighted by molar-refractivity contribution is 0.102. The summed E-state index contributed by atoms with van der Waals surface area (Å²) in [6, 6.07) is 10.8. The second kappa shape index (κ2) is 6.27. The van der Waals surface area contributed by atoms with E-state index in [4.69, 9.17) is 4.52 Å². The molecule has 0 bridgehead atoms. The smallest absolute Gasteiger partial charge is 0.275 e. The van der Waals surface area contributed by atoms with E-state index < -0.39 is 5.91 Å². The lowest BCUT2D eigenvalue weighted by Crippen LogP contribution is -2.14. The highest BCUT2D eigenvalue weighted by Gasteiger charge is 2.11. The number of pyridine rings is 1. The fourth-order valence-corrected chi connectivity index (χ4v) is 1.94. The van der Waals surface area contributed by atoms with Gasteiger partial charge >= 0.3 is 0 Å². The highest BCUT2D eigenvalue weighted by Crippen LogP contribution is 2.17. The number of carbonyl (C=O) groups is 1. The van der Waals surface area contributed by atoms with E-state index in [-0.39, 0.29) is 11.5 Å². The molecular formula is C16H13FN4O2. The average Bonchev–Trinajstić information content (AvgIpc) is 2.95. The first-order valence-electron chi connectivity index (χ1n) is 6.83. The maximum Gasteiger partial charge on any atom is 0.275 e.